The second kappa shape index (κ2) is 5.58. The molecule has 5 nitrogen and oxygen atoms in total. The molecule has 0 aromatic heterocycles. The first kappa shape index (κ1) is 14.4. The number of phenolic OH excluding ortho intramolecular Hbond substituents is 1. The van der Waals surface area contributed by atoms with Crippen LogP contribution in [0.15, 0.2) is 36.4 Å². The van der Waals surface area contributed by atoms with E-state index in [2.05, 4.69) is 5.32 Å². The third-order valence-electron chi connectivity index (χ3n) is 2.66. The Hall–Kier alpha value is -2.96. The largest absolute Gasteiger partial charge is 0.508 e. The second-order valence-electron chi connectivity index (χ2n) is 4.11. The van der Waals surface area contributed by atoms with Crippen molar-refractivity contribution in [3.05, 3.63) is 59.2 Å². The van der Waals surface area contributed by atoms with Gasteiger partial charge in [0.05, 0.1) is 16.8 Å². The number of carboxylic acid groups (broad SMARTS) is 1. The molecule has 0 radical (unpaired) electrons. The van der Waals surface area contributed by atoms with Gasteiger partial charge in [-0.05, 0) is 30.3 Å². The van der Waals surface area contributed by atoms with Crippen LogP contribution in [0, 0.1) is 11.6 Å². The molecule has 3 N–H and O–H groups in total. The molecule has 7 heteroatoms. The maximum Gasteiger partial charge on any atom is 0.337 e. The highest BCUT2D eigenvalue weighted by Crippen LogP contribution is 2.22. The first-order valence-corrected chi connectivity index (χ1v) is 5.71. The van der Waals surface area contributed by atoms with Gasteiger partial charge in [-0.15, -0.1) is 0 Å². The number of phenols is 1. The summed E-state index contributed by atoms with van der Waals surface area (Å²) in [6.45, 7) is 0. The van der Waals surface area contributed by atoms with E-state index in [9.17, 15) is 23.5 Å². The highest BCUT2D eigenvalue weighted by molar-refractivity contribution is 6.08. The first-order chi connectivity index (χ1) is 9.88. The quantitative estimate of drug-likeness (QED) is 0.759. The van der Waals surface area contributed by atoms with Gasteiger partial charge in [0.15, 0.2) is 0 Å². The van der Waals surface area contributed by atoms with E-state index in [0.717, 1.165) is 24.3 Å². The zero-order valence-electron chi connectivity index (χ0n) is 10.4. The summed E-state index contributed by atoms with van der Waals surface area (Å²) in [4.78, 5) is 22.9. The van der Waals surface area contributed by atoms with Gasteiger partial charge in [-0.25, -0.2) is 13.6 Å². The SMILES string of the molecule is O=C(Nc1ccc(O)cc1C(=O)O)c1ccc(F)cc1F. The van der Waals surface area contributed by atoms with Crippen molar-refractivity contribution < 1.29 is 28.6 Å². The maximum atomic E-state index is 13.5. The molecule has 0 aliphatic heterocycles. The third-order valence-corrected chi connectivity index (χ3v) is 2.66. The number of aromatic carboxylic acids is 1. The van der Waals surface area contributed by atoms with Crippen LogP contribution in [0.5, 0.6) is 5.75 Å². The number of benzene rings is 2. The molecule has 0 saturated heterocycles. The van der Waals surface area contributed by atoms with E-state index in [1.54, 1.807) is 0 Å². The number of carbonyl (C=O) groups is 2. The van der Waals surface area contributed by atoms with Crippen molar-refractivity contribution in [1.29, 1.82) is 0 Å². The van der Waals surface area contributed by atoms with E-state index >= 15 is 0 Å². The maximum absolute atomic E-state index is 13.5. The lowest BCUT2D eigenvalue weighted by molar-refractivity contribution is 0.0697. The highest BCUT2D eigenvalue weighted by Gasteiger charge is 2.17. The lowest BCUT2D eigenvalue weighted by Crippen LogP contribution is -2.16. The lowest BCUT2D eigenvalue weighted by atomic mass is 10.1. The molecule has 0 spiro atoms. The Labute approximate surface area is 117 Å². The number of carbonyl (C=O) groups excluding carboxylic acids is 1. The molecule has 0 aliphatic carbocycles. The predicted molar refractivity (Wildman–Crippen MR) is 69.4 cm³/mol. The minimum atomic E-state index is -1.37. The topological polar surface area (TPSA) is 86.6 Å². The van der Waals surface area contributed by atoms with E-state index in [-0.39, 0.29) is 17.0 Å². The number of anilines is 1. The van der Waals surface area contributed by atoms with Crippen molar-refractivity contribution >= 4 is 17.6 Å². The first-order valence-electron chi connectivity index (χ1n) is 5.71. The van der Waals surface area contributed by atoms with Crippen molar-refractivity contribution in [1.82, 2.24) is 0 Å². The molecule has 2 aromatic rings. The average Bonchev–Trinajstić information content (AvgIpc) is 2.40. The van der Waals surface area contributed by atoms with Crippen LogP contribution in [-0.4, -0.2) is 22.1 Å². The van der Waals surface area contributed by atoms with Gasteiger partial charge in [0.1, 0.15) is 17.4 Å². The molecular weight excluding hydrogens is 284 g/mol. The van der Waals surface area contributed by atoms with Gasteiger partial charge < -0.3 is 15.5 Å². The zero-order chi connectivity index (χ0) is 15.6. The monoisotopic (exact) mass is 293 g/mol. The molecule has 21 heavy (non-hydrogen) atoms. The number of aromatic hydroxyl groups is 1. The Morgan fingerprint density at radius 3 is 2.33 bits per heavy atom. The summed E-state index contributed by atoms with van der Waals surface area (Å²) in [6, 6.07) is 5.68. The van der Waals surface area contributed by atoms with Crippen LogP contribution in [0.2, 0.25) is 0 Å². The fourth-order valence-electron chi connectivity index (χ4n) is 1.68. The molecular formula is C14H9F2NO4. The summed E-state index contributed by atoms with van der Waals surface area (Å²) in [5, 5.41) is 20.4. The Bertz CT molecular complexity index is 731. The van der Waals surface area contributed by atoms with Crippen LogP contribution in [0.25, 0.3) is 0 Å². The predicted octanol–water partition coefficient (Wildman–Crippen LogP) is 2.62. The zero-order valence-corrected chi connectivity index (χ0v) is 10.4. The van der Waals surface area contributed by atoms with Gasteiger partial charge in [0.2, 0.25) is 0 Å². The van der Waals surface area contributed by atoms with Gasteiger partial charge >= 0.3 is 5.97 Å². The van der Waals surface area contributed by atoms with Crippen molar-refractivity contribution in [2.24, 2.45) is 0 Å². The number of hydrogen-bond donors (Lipinski definition) is 3. The summed E-state index contributed by atoms with van der Waals surface area (Å²) in [5.74, 6) is -4.50. The Kier molecular flexibility index (Phi) is 3.84. The fraction of sp³-hybridized carbons (Fsp3) is 0. The third kappa shape index (κ3) is 3.14. The number of halogens is 2. The smallest absolute Gasteiger partial charge is 0.337 e. The normalized spacial score (nSPS) is 10.2. The van der Waals surface area contributed by atoms with E-state index in [1.165, 1.54) is 6.07 Å². The number of carboxylic acids is 1. The van der Waals surface area contributed by atoms with Crippen LogP contribution in [0.4, 0.5) is 14.5 Å². The molecule has 0 unspecified atom stereocenters. The second-order valence-corrected chi connectivity index (χ2v) is 4.11. The van der Waals surface area contributed by atoms with E-state index < -0.39 is 29.1 Å². The molecule has 0 heterocycles. The molecule has 108 valence electrons. The summed E-state index contributed by atoms with van der Waals surface area (Å²) < 4.78 is 26.2. The number of amides is 1. The Balaban J connectivity index is 2.34. The molecule has 0 atom stereocenters. The molecule has 1 amide bonds. The molecule has 0 saturated carbocycles. The number of nitrogens with one attached hydrogen (secondary N) is 1. The van der Waals surface area contributed by atoms with Gasteiger partial charge in [-0.1, -0.05) is 0 Å². The Morgan fingerprint density at radius 2 is 1.71 bits per heavy atom. The van der Waals surface area contributed by atoms with Gasteiger partial charge in [0.25, 0.3) is 5.91 Å². The molecule has 0 fully saturated rings. The lowest BCUT2D eigenvalue weighted by Gasteiger charge is -2.09. The van der Waals surface area contributed by atoms with E-state index in [1.807, 2.05) is 0 Å². The van der Waals surface area contributed by atoms with E-state index in [0.29, 0.717) is 6.07 Å². The van der Waals surface area contributed by atoms with E-state index in [4.69, 9.17) is 5.11 Å². The summed E-state index contributed by atoms with van der Waals surface area (Å²) in [5.41, 5.74) is -0.902. The summed E-state index contributed by atoms with van der Waals surface area (Å²) in [7, 11) is 0. The summed E-state index contributed by atoms with van der Waals surface area (Å²) >= 11 is 0. The average molecular weight is 293 g/mol. The molecule has 2 rings (SSSR count). The number of rotatable bonds is 3. The number of hydrogen-bond acceptors (Lipinski definition) is 3. The standard InChI is InChI=1S/C14H9F2NO4/c15-7-1-3-9(11(16)5-7)13(19)17-12-4-2-8(18)6-10(12)14(20)21/h1-6,18H,(H,17,19)(H,20,21). The van der Waals surface area contributed by atoms with Gasteiger partial charge in [0, 0.05) is 6.07 Å². The fourth-order valence-corrected chi connectivity index (χ4v) is 1.68. The molecule has 2 aromatic carbocycles. The van der Waals surface area contributed by atoms with Crippen LogP contribution in [0.3, 0.4) is 0 Å². The molecule has 0 aliphatic rings. The van der Waals surface area contributed by atoms with Crippen LogP contribution < -0.4 is 5.32 Å². The Morgan fingerprint density at radius 1 is 1.00 bits per heavy atom. The minimum Gasteiger partial charge on any atom is -0.508 e. The minimum absolute atomic E-state index is 0.117. The van der Waals surface area contributed by atoms with Crippen molar-refractivity contribution in [2.45, 2.75) is 0 Å². The van der Waals surface area contributed by atoms with Crippen molar-refractivity contribution in [3.63, 3.8) is 0 Å². The van der Waals surface area contributed by atoms with Crippen molar-refractivity contribution in [3.8, 4) is 5.75 Å². The van der Waals surface area contributed by atoms with Gasteiger partial charge in [-0.2, -0.15) is 0 Å². The van der Waals surface area contributed by atoms with Crippen LogP contribution >= 0.6 is 0 Å². The van der Waals surface area contributed by atoms with Crippen molar-refractivity contribution in [2.75, 3.05) is 5.32 Å². The molecule has 0 bridgehead atoms. The van der Waals surface area contributed by atoms with Crippen LogP contribution in [0.1, 0.15) is 20.7 Å². The van der Waals surface area contributed by atoms with Crippen LogP contribution in [-0.2, 0) is 0 Å². The summed E-state index contributed by atoms with van der Waals surface area (Å²) in [6.07, 6.45) is 0. The van der Waals surface area contributed by atoms with Gasteiger partial charge in [-0.3, -0.25) is 4.79 Å². The highest BCUT2D eigenvalue weighted by atomic mass is 19.1.